The van der Waals surface area contributed by atoms with Gasteiger partial charge in [-0.15, -0.1) is 0 Å². The molecule has 234 valence electrons. The van der Waals surface area contributed by atoms with Crippen LogP contribution in [0.25, 0.3) is 21.5 Å². The molecule has 0 heterocycles. The Morgan fingerprint density at radius 3 is 1.82 bits per heavy atom. The molecule has 4 aromatic carbocycles. The molecule has 0 aromatic heterocycles. The van der Waals surface area contributed by atoms with E-state index in [1.165, 1.54) is 43.2 Å². The topological polar surface area (TPSA) is 76.7 Å². The monoisotopic (exact) mass is 596 g/mol. The third-order valence-corrected chi connectivity index (χ3v) is 8.04. The van der Waals surface area contributed by atoms with Crippen LogP contribution < -0.4 is 20.1 Å². The summed E-state index contributed by atoms with van der Waals surface area (Å²) in [6.45, 7) is 7.00. The highest BCUT2D eigenvalue weighted by molar-refractivity contribution is 5.88. The van der Waals surface area contributed by atoms with Gasteiger partial charge < -0.3 is 20.1 Å². The van der Waals surface area contributed by atoms with Crippen molar-refractivity contribution in [2.75, 3.05) is 19.7 Å². The standard InChI is InChI=1S/C38H48N2O4/c1-4-5-6-7-8-9-16-36(44-35-20-18-31-13-11-15-33(38(31)26-35)22-24-40-29(3)42)27-43-34-19-17-30-12-10-14-32(37(30)25-34)21-23-39-28(2)41/h10-15,17-20,25-26,36H,4-9,16,21-24,27H2,1-3H3,(H,39,41)(H,40,42). The molecule has 0 aliphatic rings. The zero-order valence-electron chi connectivity index (χ0n) is 26.6. The first-order valence-corrected chi connectivity index (χ1v) is 16.2. The van der Waals surface area contributed by atoms with Crippen molar-refractivity contribution in [3.63, 3.8) is 0 Å². The summed E-state index contributed by atoms with van der Waals surface area (Å²) in [5.74, 6) is 1.63. The van der Waals surface area contributed by atoms with Crippen LogP contribution in [0.2, 0.25) is 0 Å². The summed E-state index contributed by atoms with van der Waals surface area (Å²) >= 11 is 0. The molecule has 4 aromatic rings. The SMILES string of the molecule is CCCCCCCCC(COc1ccc2cccc(CCNC(C)=O)c2c1)Oc1ccc2cccc(CCNC(C)=O)c2c1. The van der Waals surface area contributed by atoms with Gasteiger partial charge >= 0.3 is 0 Å². The van der Waals surface area contributed by atoms with Crippen LogP contribution in [0, 0.1) is 0 Å². The fraction of sp³-hybridized carbons (Fsp3) is 0.421. The van der Waals surface area contributed by atoms with E-state index in [-0.39, 0.29) is 17.9 Å². The van der Waals surface area contributed by atoms with Crippen molar-refractivity contribution < 1.29 is 19.1 Å². The lowest BCUT2D eigenvalue weighted by Gasteiger charge is -2.21. The van der Waals surface area contributed by atoms with Crippen LogP contribution >= 0.6 is 0 Å². The molecule has 0 saturated carbocycles. The number of hydrogen-bond donors (Lipinski definition) is 2. The smallest absolute Gasteiger partial charge is 0.216 e. The molecule has 0 fully saturated rings. The molecule has 2 N–H and O–H groups in total. The molecule has 0 aliphatic carbocycles. The zero-order chi connectivity index (χ0) is 31.1. The van der Waals surface area contributed by atoms with Gasteiger partial charge in [0.15, 0.2) is 0 Å². The van der Waals surface area contributed by atoms with Gasteiger partial charge in [0.2, 0.25) is 11.8 Å². The first kappa shape index (κ1) is 32.8. The van der Waals surface area contributed by atoms with Gasteiger partial charge in [0.1, 0.15) is 24.2 Å². The first-order valence-electron chi connectivity index (χ1n) is 16.2. The Kier molecular flexibility index (Phi) is 12.9. The van der Waals surface area contributed by atoms with E-state index < -0.39 is 0 Å². The van der Waals surface area contributed by atoms with Gasteiger partial charge in [0.25, 0.3) is 0 Å². The Morgan fingerprint density at radius 2 is 1.23 bits per heavy atom. The van der Waals surface area contributed by atoms with E-state index in [0.29, 0.717) is 19.7 Å². The first-order chi connectivity index (χ1) is 21.4. The summed E-state index contributed by atoms with van der Waals surface area (Å²) in [7, 11) is 0. The predicted molar refractivity (Wildman–Crippen MR) is 181 cm³/mol. The van der Waals surface area contributed by atoms with E-state index in [4.69, 9.17) is 9.47 Å². The Hall–Kier alpha value is -4.06. The quantitative estimate of drug-likeness (QED) is 0.114. The Labute approximate surface area is 262 Å². The molecular formula is C38H48N2O4. The number of nitrogens with one attached hydrogen (secondary N) is 2. The van der Waals surface area contributed by atoms with Gasteiger partial charge in [-0.1, -0.05) is 87.6 Å². The molecule has 0 spiro atoms. The minimum atomic E-state index is -0.0872. The van der Waals surface area contributed by atoms with Crippen molar-refractivity contribution in [2.24, 2.45) is 0 Å². The van der Waals surface area contributed by atoms with Crippen LogP contribution in [0.4, 0.5) is 0 Å². The summed E-state index contributed by atoms with van der Waals surface area (Å²) in [5, 5.41) is 10.4. The molecule has 4 rings (SSSR count). The molecule has 0 aliphatic heterocycles. The fourth-order valence-electron chi connectivity index (χ4n) is 5.69. The average molecular weight is 597 g/mol. The van der Waals surface area contributed by atoms with Crippen molar-refractivity contribution in [3.8, 4) is 11.5 Å². The molecule has 0 saturated heterocycles. The van der Waals surface area contributed by atoms with E-state index in [0.717, 1.165) is 58.7 Å². The van der Waals surface area contributed by atoms with Crippen molar-refractivity contribution >= 4 is 33.4 Å². The van der Waals surface area contributed by atoms with Crippen molar-refractivity contribution in [2.45, 2.75) is 84.7 Å². The number of unbranched alkanes of at least 4 members (excludes halogenated alkanes) is 5. The van der Waals surface area contributed by atoms with Crippen LogP contribution in [-0.2, 0) is 22.4 Å². The van der Waals surface area contributed by atoms with E-state index in [1.807, 2.05) is 12.1 Å². The molecular weight excluding hydrogens is 548 g/mol. The highest BCUT2D eigenvalue weighted by atomic mass is 16.5. The number of rotatable bonds is 18. The predicted octanol–water partition coefficient (Wildman–Crippen LogP) is 7.93. The van der Waals surface area contributed by atoms with Gasteiger partial charge in [-0.25, -0.2) is 0 Å². The molecule has 44 heavy (non-hydrogen) atoms. The summed E-state index contributed by atoms with van der Waals surface area (Å²) in [6.07, 6.45) is 9.72. The highest BCUT2D eigenvalue weighted by Crippen LogP contribution is 2.28. The molecule has 0 bridgehead atoms. The lowest BCUT2D eigenvalue weighted by molar-refractivity contribution is -0.119. The Morgan fingerprint density at radius 1 is 0.682 bits per heavy atom. The van der Waals surface area contributed by atoms with Crippen molar-refractivity contribution in [1.82, 2.24) is 10.6 Å². The van der Waals surface area contributed by atoms with Crippen LogP contribution in [0.3, 0.4) is 0 Å². The second kappa shape index (κ2) is 17.3. The van der Waals surface area contributed by atoms with Crippen LogP contribution in [0.15, 0.2) is 72.8 Å². The third kappa shape index (κ3) is 10.3. The number of carbonyl (C=O) groups excluding carboxylic acids is 2. The van der Waals surface area contributed by atoms with Gasteiger partial charge in [0, 0.05) is 26.9 Å². The van der Waals surface area contributed by atoms with E-state index >= 15 is 0 Å². The number of benzene rings is 4. The lowest BCUT2D eigenvalue weighted by Crippen LogP contribution is -2.25. The maximum atomic E-state index is 11.4. The van der Waals surface area contributed by atoms with E-state index in [9.17, 15) is 9.59 Å². The second-order valence-corrected chi connectivity index (χ2v) is 11.7. The molecule has 6 heteroatoms. The van der Waals surface area contributed by atoms with Gasteiger partial charge in [-0.05, 0) is 82.6 Å². The number of amides is 2. The maximum Gasteiger partial charge on any atom is 0.216 e. The van der Waals surface area contributed by atoms with Gasteiger partial charge in [-0.2, -0.15) is 0 Å². The Balaban J connectivity index is 1.48. The minimum absolute atomic E-state index is 0.0144. The van der Waals surface area contributed by atoms with Crippen LogP contribution in [0.5, 0.6) is 11.5 Å². The highest BCUT2D eigenvalue weighted by Gasteiger charge is 2.14. The second-order valence-electron chi connectivity index (χ2n) is 11.7. The van der Waals surface area contributed by atoms with Crippen molar-refractivity contribution in [1.29, 1.82) is 0 Å². The number of ether oxygens (including phenoxy) is 2. The minimum Gasteiger partial charge on any atom is -0.490 e. The lowest BCUT2D eigenvalue weighted by atomic mass is 10.0. The molecule has 0 radical (unpaired) electrons. The number of fused-ring (bicyclic) bond motifs is 2. The molecule has 6 nitrogen and oxygen atoms in total. The van der Waals surface area contributed by atoms with Gasteiger partial charge in [-0.3, -0.25) is 9.59 Å². The van der Waals surface area contributed by atoms with Crippen LogP contribution in [0.1, 0.15) is 76.8 Å². The zero-order valence-corrected chi connectivity index (χ0v) is 26.6. The van der Waals surface area contributed by atoms with E-state index in [1.54, 1.807) is 13.8 Å². The number of hydrogen-bond acceptors (Lipinski definition) is 4. The summed E-state index contributed by atoms with van der Waals surface area (Å²) < 4.78 is 13.0. The van der Waals surface area contributed by atoms with Crippen molar-refractivity contribution in [3.05, 3.63) is 83.9 Å². The summed E-state index contributed by atoms with van der Waals surface area (Å²) in [4.78, 5) is 22.7. The Bertz CT molecular complexity index is 1520. The van der Waals surface area contributed by atoms with E-state index in [2.05, 4.69) is 78.2 Å². The molecule has 1 atom stereocenters. The maximum absolute atomic E-state index is 11.4. The van der Waals surface area contributed by atoms with Crippen LogP contribution in [-0.4, -0.2) is 37.6 Å². The number of carbonyl (C=O) groups is 2. The fourth-order valence-corrected chi connectivity index (χ4v) is 5.69. The molecule has 1 unspecified atom stereocenters. The normalized spacial score (nSPS) is 11.8. The summed E-state index contributed by atoms with van der Waals surface area (Å²) in [6, 6.07) is 25.1. The molecule has 2 amide bonds. The van der Waals surface area contributed by atoms with Gasteiger partial charge in [0.05, 0.1) is 0 Å². The summed E-state index contributed by atoms with van der Waals surface area (Å²) in [5.41, 5.74) is 2.38. The third-order valence-electron chi connectivity index (χ3n) is 8.04. The average Bonchev–Trinajstić information content (AvgIpc) is 3.01. The largest absolute Gasteiger partial charge is 0.490 e.